The molecule has 4 rings (SSSR count). The van der Waals surface area contributed by atoms with E-state index in [0.717, 1.165) is 28.2 Å². The molecule has 1 N–H and O–H groups in total. The van der Waals surface area contributed by atoms with Crippen LogP contribution in [-0.4, -0.2) is 17.1 Å². The lowest BCUT2D eigenvalue weighted by Crippen LogP contribution is -2.25. The lowest BCUT2D eigenvalue weighted by molar-refractivity contribution is -0.118. The van der Waals surface area contributed by atoms with E-state index in [-0.39, 0.29) is 12.5 Å². The summed E-state index contributed by atoms with van der Waals surface area (Å²) in [7, 11) is 0. The summed E-state index contributed by atoms with van der Waals surface area (Å²) in [5.41, 5.74) is 4.99. The average molecular weight is 394 g/mol. The highest BCUT2D eigenvalue weighted by molar-refractivity contribution is 7.07. The fourth-order valence-electron chi connectivity index (χ4n) is 3.27. The van der Waals surface area contributed by atoms with E-state index in [4.69, 9.17) is 9.73 Å². The first-order valence-corrected chi connectivity index (χ1v) is 10.3. The van der Waals surface area contributed by atoms with Gasteiger partial charge in [0.05, 0.1) is 17.1 Å². The Balaban J connectivity index is 1.83. The maximum absolute atomic E-state index is 11.7. The summed E-state index contributed by atoms with van der Waals surface area (Å²) in [6.07, 6.45) is 0.996. The number of aromatic nitrogens is 1. The number of nitrogens with one attached hydrogen (secondary N) is 1. The van der Waals surface area contributed by atoms with Crippen LogP contribution >= 0.6 is 11.3 Å². The zero-order chi connectivity index (χ0) is 19.7. The van der Waals surface area contributed by atoms with Gasteiger partial charge in [0, 0.05) is 17.0 Å². The predicted molar refractivity (Wildman–Crippen MR) is 113 cm³/mol. The summed E-state index contributed by atoms with van der Waals surface area (Å²) in [6.45, 7) is 6.52. The Morgan fingerprint density at radius 2 is 2.14 bits per heavy atom. The van der Waals surface area contributed by atoms with Crippen LogP contribution in [0.25, 0.3) is 11.3 Å². The molecule has 0 radical (unpaired) electrons. The summed E-state index contributed by atoms with van der Waals surface area (Å²) in [5.74, 6) is 0.582. The Hall–Kier alpha value is -2.86. The van der Waals surface area contributed by atoms with Crippen molar-refractivity contribution in [3.63, 3.8) is 0 Å². The maximum atomic E-state index is 11.7. The fraction of sp³-hybridized carbons (Fsp3) is 0.273. The van der Waals surface area contributed by atoms with Crippen LogP contribution in [0.1, 0.15) is 31.9 Å². The molecule has 2 heterocycles. The summed E-state index contributed by atoms with van der Waals surface area (Å²) in [5, 5.41) is 5.03. The Morgan fingerprint density at radius 3 is 2.93 bits per heavy atom. The number of hydrogen-bond acceptors (Lipinski definition) is 4. The highest BCUT2D eigenvalue weighted by Crippen LogP contribution is 2.34. The number of benzene rings is 2. The molecule has 1 atom stereocenters. The summed E-state index contributed by atoms with van der Waals surface area (Å²) >= 11 is 1.63. The van der Waals surface area contributed by atoms with Gasteiger partial charge in [0.2, 0.25) is 0 Å². The Kier molecular flexibility index (Phi) is 5.05. The Bertz CT molecular complexity index is 1100. The second-order valence-corrected chi connectivity index (χ2v) is 7.87. The predicted octanol–water partition coefficient (Wildman–Crippen LogP) is 5.06. The molecule has 0 bridgehead atoms. The van der Waals surface area contributed by atoms with E-state index in [1.165, 1.54) is 5.56 Å². The van der Waals surface area contributed by atoms with Crippen molar-refractivity contribution < 1.29 is 9.53 Å². The second-order valence-electron chi connectivity index (χ2n) is 7.03. The minimum Gasteiger partial charge on any atom is -0.482 e. The molecule has 1 amide bonds. The summed E-state index contributed by atoms with van der Waals surface area (Å²) in [6, 6.07) is 14.4. The molecule has 0 saturated carbocycles. The van der Waals surface area contributed by atoms with Gasteiger partial charge >= 0.3 is 0 Å². The topological polar surface area (TPSA) is 55.6 Å². The van der Waals surface area contributed by atoms with Gasteiger partial charge < -0.3 is 14.6 Å². The number of fused-ring (bicyclic) bond motifs is 1. The zero-order valence-corrected chi connectivity index (χ0v) is 17.0. The molecule has 6 heteroatoms. The third kappa shape index (κ3) is 3.60. The van der Waals surface area contributed by atoms with Crippen LogP contribution in [0.3, 0.4) is 0 Å². The number of aryl methyl sites for hydroxylation is 1. The maximum Gasteiger partial charge on any atom is 0.262 e. The molecule has 1 aliphatic rings. The quantitative estimate of drug-likeness (QED) is 0.674. The Labute approximate surface area is 168 Å². The van der Waals surface area contributed by atoms with Gasteiger partial charge in [-0.15, -0.1) is 11.3 Å². The van der Waals surface area contributed by atoms with Crippen molar-refractivity contribution in [2.75, 3.05) is 11.9 Å². The van der Waals surface area contributed by atoms with E-state index in [1.807, 2.05) is 30.3 Å². The first-order valence-electron chi connectivity index (χ1n) is 9.43. The van der Waals surface area contributed by atoms with Gasteiger partial charge in [-0.3, -0.25) is 4.79 Å². The smallest absolute Gasteiger partial charge is 0.262 e. The largest absolute Gasteiger partial charge is 0.482 e. The first-order chi connectivity index (χ1) is 13.5. The molecule has 0 saturated heterocycles. The molecule has 3 aromatic rings. The number of anilines is 1. The van der Waals surface area contributed by atoms with Crippen LogP contribution in [0.5, 0.6) is 5.75 Å². The molecule has 0 aliphatic carbocycles. The minimum absolute atomic E-state index is 0.0667. The third-order valence-electron chi connectivity index (χ3n) is 4.91. The number of hydrogen-bond donors (Lipinski definition) is 1. The lowest BCUT2D eigenvalue weighted by Gasteiger charge is -2.20. The highest BCUT2D eigenvalue weighted by atomic mass is 32.1. The van der Waals surface area contributed by atoms with Crippen LogP contribution in [0.4, 0.5) is 11.4 Å². The zero-order valence-electron chi connectivity index (χ0n) is 16.2. The van der Waals surface area contributed by atoms with Crippen LogP contribution < -0.4 is 14.9 Å². The van der Waals surface area contributed by atoms with Gasteiger partial charge in [0.25, 0.3) is 5.91 Å². The second kappa shape index (κ2) is 7.64. The molecule has 5 nitrogen and oxygen atoms in total. The normalized spacial score (nSPS) is 15.0. The van der Waals surface area contributed by atoms with Crippen LogP contribution in [-0.2, 0) is 4.79 Å². The van der Waals surface area contributed by atoms with E-state index in [2.05, 4.69) is 48.2 Å². The first kappa shape index (κ1) is 18.5. The number of thiazole rings is 1. The van der Waals surface area contributed by atoms with Crippen LogP contribution in [0.15, 0.2) is 52.8 Å². The summed E-state index contributed by atoms with van der Waals surface area (Å²) in [4.78, 5) is 17.5. The molecule has 2 aromatic carbocycles. The lowest BCUT2D eigenvalue weighted by atomic mass is 10.1. The van der Waals surface area contributed by atoms with Crippen molar-refractivity contribution >= 4 is 28.6 Å². The van der Waals surface area contributed by atoms with Crippen molar-refractivity contribution in [2.24, 2.45) is 4.99 Å². The van der Waals surface area contributed by atoms with Crippen LogP contribution in [0.2, 0.25) is 0 Å². The molecular formula is C22H23N3O2S. The minimum atomic E-state index is -0.125. The third-order valence-corrected chi connectivity index (χ3v) is 5.75. The number of rotatable bonds is 4. The summed E-state index contributed by atoms with van der Waals surface area (Å²) < 4.78 is 7.76. The van der Waals surface area contributed by atoms with E-state index >= 15 is 0 Å². The standard InChI is InChI=1S/C22H23N3O2S/c1-4-15(3)25-19(13-28-22(25)23-17-7-5-6-14(2)10-17)16-8-9-20-18(11-16)24-21(26)12-27-20/h5-11,13,15H,4,12H2,1-3H3,(H,24,26). The van der Waals surface area contributed by atoms with Gasteiger partial charge in [-0.25, -0.2) is 4.99 Å². The molecule has 1 aromatic heterocycles. The van der Waals surface area contributed by atoms with Crippen molar-refractivity contribution in [3.05, 3.63) is 58.2 Å². The van der Waals surface area contributed by atoms with Crippen molar-refractivity contribution in [1.29, 1.82) is 0 Å². The SMILES string of the molecule is CCC(C)n1c(-c2ccc3c(c2)NC(=O)CO3)csc1=Nc1cccc(C)c1. The van der Waals surface area contributed by atoms with Gasteiger partial charge in [-0.1, -0.05) is 19.1 Å². The van der Waals surface area contributed by atoms with Crippen molar-refractivity contribution in [1.82, 2.24) is 4.57 Å². The molecular weight excluding hydrogens is 370 g/mol. The number of nitrogens with zero attached hydrogens (tertiary/aromatic N) is 2. The van der Waals surface area contributed by atoms with Gasteiger partial charge in [-0.2, -0.15) is 0 Å². The van der Waals surface area contributed by atoms with Crippen molar-refractivity contribution in [2.45, 2.75) is 33.2 Å². The monoisotopic (exact) mass is 393 g/mol. The van der Waals surface area contributed by atoms with E-state index in [0.29, 0.717) is 17.5 Å². The number of carbonyl (C=O) groups is 1. The van der Waals surface area contributed by atoms with Crippen LogP contribution in [0, 0.1) is 6.92 Å². The van der Waals surface area contributed by atoms with Gasteiger partial charge in [0.1, 0.15) is 5.75 Å². The van der Waals surface area contributed by atoms with Crippen molar-refractivity contribution in [3.8, 4) is 17.0 Å². The molecule has 144 valence electrons. The molecule has 0 fully saturated rings. The van der Waals surface area contributed by atoms with E-state index < -0.39 is 0 Å². The Morgan fingerprint density at radius 1 is 1.29 bits per heavy atom. The number of ether oxygens (including phenoxy) is 1. The highest BCUT2D eigenvalue weighted by Gasteiger charge is 2.19. The molecule has 1 aliphatic heterocycles. The molecule has 0 spiro atoms. The van der Waals surface area contributed by atoms with E-state index in [9.17, 15) is 4.79 Å². The molecule has 28 heavy (non-hydrogen) atoms. The number of carbonyl (C=O) groups excluding carboxylic acids is 1. The molecule has 1 unspecified atom stereocenters. The number of amides is 1. The average Bonchev–Trinajstić information content (AvgIpc) is 3.10. The fourth-order valence-corrected chi connectivity index (χ4v) is 4.29. The van der Waals surface area contributed by atoms with E-state index in [1.54, 1.807) is 11.3 Å². The van der Waals surface area contributed by atoms with Gasteiger partial charge in [0.15, 0.2) is 11.4 Å². The van der Waals surface area contributed by atoms with Gasteiger partial charge in [-0.05, 0) is 56.2 Å².